The molecule has 6 heteroatoms. The number of primary amides is 1. The average molecular weight is 365 g/mol. The number of amides is 1. The third-order valence-electron chi connectivity index (χ3n) is 4.46. The average Bonchev–Trinajstić information content (AvgIpc) is 2.54. The van der Waals surface area contributed by atoms with Gasteiger partial charge in [-0.3, -0.25) is 4.79 Å². The summed E-state index contributed by atoms with van der Waals surface area (Å²) >= 11 is 12.6. The van der Waals surface area contributed by atoms with Crippen molar-refractivity contribution in [1.29, 1.82) is 0 Å². The van der Waals surface area contributed by atoms with E-state index >= 15 is 0 Å². The Morgan fingerprint density at radius 3 is 2.75 bits per heavy atom. The van der Waals surface area contributed by atoms with Crippen LogP contribution in [0, 0.1) is 0 Å². The molecule has 1 unspecified atom stereocenters. The number of halogens is 2. The van der Waals surface area contributed by atoms with Gasteiger partial charge in [0.2, 0.25) is 5.91 Å². The smallest absolute Gasteiger partial charge is 0.249 e. The maximum atomic E-state index is 11.7. The Bertz CT molecular complexity index is 808. The first kappa shape index (κ1) is 17.2. The van der Waals surface area contributed by atoms with Crippen molar-refractivity contribution in [2.45, 2.75) is 19.1 Å². The highest BCUT2D eigenvalue weighted by Gasteiger charge is 2.27. The zero-order chi connectivity index (χ0) is 17.4. The van der Waals surface area contributed by atoms with Gasteiger partial charge in [0.25, 0.3) is 0 Å². The van der Waals surface area contributed by atoms with Crippen LogP contribution in [0.4, 0.5) is 0 Å². The quantitative estimate of drug-likeness (QED) is 0.878. The van der Waals surface area contributed by atoms with Gasteiger partial charge in [0.1, 0.15) is 0 Å². The Morgan fingerprint density at radius 2 is 2.08 bits per heavy atom. The molecule has 0 spiro atoms. The van der Waals surface area contributed by atoms with Crippen molar-refractivity contribution in [1.82, 2.24) is 4.90 Å². The summed E-state index contributed by atoms with van der Waals surface area (Å²) in [7, 11) is 2.03. The highest BCUT2D eigenvalue weighted by atomic mass is 35.5. The van der Waals surface area contributed by atoms with Gasteiger partial charge >= 0.3 is 0 Å². The highest BCUT2D eigenvalue weighted by Crippen LogP contribution is 2.38. The van der Waals surface area contributed by atoms with Crippen LogP contribution >= 0.6 is 23.2 Å². The summed E-state index contributed by atoms with van der Waals surface area (Å²) in [6, 6.07) is 9.11. The molecule has 3 rings (SSSR count). The minimum absolute atomic E-state index is 0.0285. The van der Waals surface area contributed by atoms with E-state index in [0.29, 0.717) is 21.2 Å². The second-order valence-electron chi connectivity index (χ2n) is 6.14. The number of fused-ring (bicyclic) bond motifs is 1. The van der Waals surface area contributed by atoms with Gasteiger partial charge in [-0.25, -0.2) is 0 Å². The van der Waals surface area contributed by atoms with E-state index in [-0.39, 0.29) is 12.5 Å². The van der Waals surface area contributed by atoms with E-state index in [2.05, 4.69) is 4.90 Å². The molecule has 0 bridgehead atoms. The summed E-state index contributed by atoms with van der Waals surface area (Å²) in [6.45, 7) is 1.30. The van der Waals surface area contributed by atoms with Crippen LogP contribution in [0.15, 0.2) is 30.3 Å². The van der Waals surface area contributed by atoms with E-state index in [1.54, 1.807) is 18.2 Å². The van der Waals surface area contributed by atoms with Crippen molar-refractivity contribution in [3.63, 3.8) is 0 Å². The number of nitrogens with two attached hydrogens (primary N) is 1. The van der Waals surface area contributed by atoms with Crippen LogP contribution in [-0.4, -0.2) is 29.5 Å². The van der Waals surface area contributed by atoms with Crippen LogP contribution in [0.1, 0.15) is 38.5 Å². The molecule has 1 amide bonds. The van der Waals surface area contributed by atoms with E-state index < -0.39 is 5.91 Å². The van der Waals surface area contributed by atoms with Gasteiger partial charge in [-0.05, 0) is 47.5 Å². The number of likely N-dealkylation sites (N-methyl/N-ethyl adjacent to an activating group) is 1. The van der Waals surface area contributed by atoms with Crippen molar-refractivity contribution >= 4 is 29.1 Å². The van der Waals surface area contributed by atoms with E-state index in [4.69, 9.17) is 28.9 Å². The summed E-state index contributed by atoms with van der Waals surface area (Å²) in [5, 5.41) is 10.6. The van der Waals surface area contributed by atoms with Gasteiger partial charge in [0.15, 0.2) is 0 Å². The maximum absolute atomic E-state index is 11.7. The molecular weight excluding hydrogens is 347 g/mol. The molecule has 0 saturated carbocycles. The molecule has 4 nitrogen and oxygen atoms in total. The Kier molecular flexibility index (Phi) is 4.83. The van der Waals surface area contributed by atoms with Crippen LogP contribution in [0.3, 0.4) is 0 Å². The van der Waals surface area contributed by atoms with Crippen molar-refractivity contribution in [2.24, 2.45) is 5.73 Å². The van der Waals surface area contributed by atoms with E-state index in [0.717, 1.165) is 29.8 Å². The fraction of sp³-hybridized carbons (Fsp3) is 0.278. The van der Waals surface area contributed by atoms with Gasteiger partial charge in [0.05, 0.1) is 6.61 Å². The SMILES string of the molecule is CN1Cc2c(Cl)cc(Cl)cc2C(c2ccc(CO)c(C(N)=O)c2)C1. The number of hydrogen-bond donors (Lipinski definition) is 2. The predicted octanol–water partition coefficient (Wildman–Crippen LogP) is 3.16. The standard InChI is InChI=1S/C18H18Cl2N2O2/c1-22-7-15(14-5-12(19)6-17(20)16(14)8-22)10-2-3-11(9-23)13(4-10)18(21)24/h2-6,15,23H,7-9H2,1H3,(H2,21,24). The van der Waals surface area contributed by atoms with E-state index in [1.165, 1.54) is 0 Å². The number of rotatable bonds is 3. The lowest BCUT2D eigenvalue weighted by molar-refractivity contribution is 0.0997. The van der Waals surface area contributed by atoms with Crippen LogP contribution in [0.5, 0.6) is 0 Å². The molecule has 0 fully saturated rings. The molecule has 2 aromatic carbocycles. The number of carbonyl (C=O) groups excluding carboxylic acids is 1. The molecule has 0 aromatic heterocycles. The van der Waals surface area contributed by atoms with Crippen LogP contribution in [0.2, 0.25) is 10.0 Å². The predicted molar refractivity (Wildman–Crippen MR) is 95.5 cm³/mol. The maximum Gasteiger partial charge on any atom is 0.249 e. The van der Waals surface area contributed by atoms with E-state index in [9.17, 15) is 9.90 Å². The van der Waals surface area contributed by atoms with Gasteiger partial charge in [-0.1, -0.05) is 35.3 Å². The van der Waals surface area contributed by atoms with Crippen molar-refractivity contribution in [2.75, 3.05) is 13.6 Å². The first-order chi connectivity index (χ1) is 11.4. The Hall–Kier alpha value is -1.59. The highest BCUT2D eigenvalue weighted by molar-refractivity contribution is 6.35. The molecule has 0 aliphatic carbocycles. The Balaban J connectivity index is 2.14. The fourth-order valence-corrected chi connectivity index (χ4v) is 3.88. The zero-order valence-corrected chi connectivity index (χ0v) is 14.7. The first-order valence-electron chi connectivity index (χ1n) is 7.60. The summed E-state index contributed by atoms with van der Waals surface area (Å²) in [6.07, 6.45) is 0. The summed E-state index contributed by atoms with van der Waals surface area (Å²) in [5.74, 6) is -0.518. The summed E-state index contributed by atoms with van der Waals surface area (Å²) in [5.41, 5.74) is 9.40. The number of aliphatic hydroxyl groups is 1. The lowest BCUT2D eigenvalue weighted by atomic mass is 9.83. The van der Waals surface area contributed by atoms with Crippen molar-refractivity contribution in [3.05, 3.63) is 68.2 Å². The molecule has 1 heterocycles. The molecule has 0 saturated heterocycles. The van der Waals surface area contributed by atoms with E-state index in [1.807, 2.05) is 19.2 Å². The molecule has 0 radical (unpaired) electrons. The van der Waals surface area contributed by atoms with Crippen LogP contribution in [0.25, 0.3) is 0 Å². The minimum Gasteiger partial charge on any atom is -0.392 e. The third-order valence-corrected chi connectivity index (χ3v) is 5.02. The van der Waals surface area contributed by atoms with Crippen molar-refractivity contribution in [3.8, 4) is 0 Å². The molecule has 1 aliphatic heterocycles. The second-order valence-corrected chi connectivity index (χ2v) is 6.99. The number of benzene rings is 2. The monoisotopic (exact) mass is 364 g/mol. The van der Waals surface area contributed by atoms with Gasteiger partial charge in [-0.2, -0.15) is 0 Å². The molecule has 24 heavy (non-hydrogen) atoms. The molecular formula is C18H18Cl2N2O2. The lowest BCUT2D eigenvalue weighted by Gasteiger charge is -2.33. The molecule has 126 valence electrons. The molecule has 3 N–H and O–H groups in total. The van der Waals surface area contributed by atoms with Gasteiger partial charge in [-0.15, -0.1) is 0 Å². The zero-order valence-electron chi connectivity index (χ0n) is 13.2. The molecule has 2 aromatic rings. The topological polar surface area (TPSA) is 66.6 Å². The number of carbonyl (C=O) groups is 1. The summed E-state index contributed by atoms with van der Waals surface area (Å²) in [4.78, 5) is 13.9. The summed E-state index contributed by atoms with van der Waals surface area (Å²) < 4.78 is 0. The lowest BCUT2D eigenvalue weighted by Crippen LogP contribution is -2.31. The van der Waals surface area contributed by atoms with Crippen LogP contribution in [-0.2, 0) is 13.2 Å². The Morgan fingerprint density at radius 1 is 1.33 bits per heavy atom. The van der Waals surface area contributed by atoms with Crippen LogP contribution < -0.4 is 5.73 Å². The van der Waals surface area contributed by atoms with Crippen molar-refractivity contribution < 1.29 is 9.90 Å². The third kappa shape index (κ3) is 3.15. The minimum atomic E-state index is -0.547. The normalized spacial score (nSPS) is 17.6. The largest absolute Gasteiger partial charge is 0.392 e. The van der Waals surface area contributed by atoms with Gasteiger partial charge in [0, 0.05) is 34.6 Å². The number of aliphatic hydroxyl groups excluding tert-OH is 1. The number of nitrogens with zero attached hydrogens (tertiary/aromatic N) is 1. The Labute approximate surface area is 150 Å². The molecule has 1 aliphatic rings. The fourth-order valence-electron chi connectivity index (χ4n) is 3.31. The molecule has 1 atom stereocenters. The first-order valence-corrected chi connectivity index (χ1v) is 8.36. The number of hydrogen-bond acceptors (Lipinski definition) is 3. The van der Waals surface area contributed by atoms with Gasteiger partial charge < -0.3 is 15.7 Å². The second kappa shape index (κ2) is 6.73.